The molecule has 2 aromatic rings. The number of piperidine rings is 1. The predicted molar refractivity (Wildman–Crippen MR) is 140 cm³/mol. The van der Waals surface area contributed by atoms with Gasteiger partial charge in [0.1, 0.15) is 0 Å². The highest BCUT2D eigenvalue weighted by molar-refractivity contribution is 6.23. The molecule has 0 aromatic heterocycles. The summed E-state index contributed by atoms with van der Waals surface area (Å²) in [5, 5.41) is 3.22. The van der Waals surface area contributed by atoms with Gasteiger partial charge in [-0.25, -0.2) is 0 Å². The number of imide groups is 1. The Labute approximate surface area is 221 Å². The van der Waals surface area contributed by atoms with Gasteiger partial charge in [0.2, 0.25) is 12.7 Å². The van der Waals surface area contributed by atoms with Crippen molar-refractivity contribution in [3.8, 4) is 11.5 Å². The largest absolute Gasteiger partial charge is 0.454 e. The van der Waals surface area contributed by atoms with Crippen molar-refractivity contribution in [2.24, 2.45) is 23.7 Å². The molecule has 2 aromatic carbocycles. The zero-order valence-electron chi connectivity index (χ0n) is 21.2. The van der Waals surface area contributed by atoms with Crippen LogP contribution in [0, 0.1) is 23.7 Å². The summed E-state index contributed by atoms with van der Waals surface area (Å²) in [6.45, 7) is 2.36. The lowest BCUT2D eigenvalue weighted by atomic mass is 9.92. The van der Waals surface area contributed by atoms with Gasteiger partial charge >= 0.3 is 0 Å². The Morgan fingerprint density at radius 2 is 1.92 bits per heavy atom. The van der Waals surface area contributed by atoms with Crippen LogP contribution in [-0.2, 0) is 11.3 Å². The SMILES string of the molecule is O=C(NC[C@@H]1C[C@H]2C=C[C@@H]1C2)C1CCCN(c2cccc3c2C(=O)N(Cc2ccc4c(c2)OCO4)C3=O)C1. The van der Waals surface area contributed by atoms with E-state index in [1.807, 2.05) is 24.3 Å². The van der Waals surface area contributed by atoms with E-state index in [0.717, 1.165) is 37.2 Å². The molecule has 1 N–H and O–H groups in total. The second-order valence-corrected chi connectivity index (χ2v) is 11.2. The first-order valence-electron chi connectivity index (χ1n) is 13.6. The fraction of sp³-hybridized carbons (Fsp3) is 0.433. The van der Waals surface area contributed by atoms with Crippen LogP contribution in [0.2, 0.25) is 0 Å². The Hall–Kier alpha value is -3.81. The molecule has 2 aliphatic carbocycles. The number of hydrogen-bond acceptors (Lipinski definition) is 6. The quantitative estimate of drug-likeness (QED) is 0.468. The van der Waals surface area contributed by atoms with Crippen LogP contribution in [0.1, 0.15) is 52.0 Å². The van der Waals surface area contributed by atoms with Crippen molar-refractivity contribution in [1.82, 2.24) is 10.2 Å². The van der Waals surface area contributed by atoms with E-state index in [1.165, 1.54) is 17.7 Å². The summed E-state index contributed by atoms with van der Waals surface area (Å²) in [7, 11) is 0. The highest BCUT2D eigenvalue weighted by Gasteiger charge is 2.40. The molecule has 38 heavy (non-hydrogen) atoms. The number of ether oxygens (including phenoxy) is 2. The molecule has 2 fully saturated rings. The van der Waals surface area contributed by atoms with Crippen molar-refractivity contribution in [3.05, 3.63) is 65.2 Å². The van der Waals surface area contributed by atoms with Crippen molar-refractivity contribution in [2.75, 3.05) is 31.3 Å². The molecule has 7 rings (SSSR count). The number of rotatable bonds is 6. The highest BCUT2D eigenvalue weighted by Crippen LogP contribution is 2.43. The molecule has 5 aliphatic rings. The van der Waals surface area contributed by atoms with Gasteiger partial charge in [0.25, 0.3) is 11.8 Å². The minimum atomic E-state index is -0.297. The monoisotopic (exact) mass is 513 g/mol. The van der Waals surface area contributed by atoms with Crippen LogP contribution in [0.4, 0.5) is 5.69 Å². The lowest BCUT2D eigenvalue weighted by Crippen LogP contribution is -2.44. The molecule has 0 radical (unpaired) electrons. The average Bonchev–Trinajstić information content (AvgIpc) is 3.74. The number of benzene rings is 2. The number of amides is 3. The van der Waals surface area contributed by atoms with Crippen LogP contribution in [0.5, 0.6) is 11.5 Å². The van der Waals surface area contributed by atoms with Gasteiger partial charge in [-0.3, -0.25) is 19.3 Å². The van der Waals surface area contributed by atoms with Crippen LogP contribution in [0.15, 0.2) is 48.6 Å². The summed E-state index contributed by atoms with van der Waals surface area (Å²) >= 11 is 0. The van der Waals surface area contributed by atoms with Gasteiger partial charge in [0.05, 0.1) is 29.3 Å². The van der Waals surface area contributed by atoms with E-state index >= 15 is 0 Å². The Bertz CT molecular complexity index is 1350. The van der Waals surface area contributed by atoms with Gasteiger partial charge in [0.15, 0.2) is 11.5 Å². The Morgan fingerprint density at radius 1 is 1.03 bits per heavy atom. The summed E-state index contributed by atoms with van der Waals surface area (Å²) < 4.78 is 10.8. The van der Waals surface area contributed by atoms with Gasteiger partial charge in [-0.2, -0.15) is 0 Å². The molecular weight excluding hydrogens is 482 g/mol. The van der Waals surface area contributed by atoms with Crippen molar-refractivity contribution in [2.45, 2.75) is 32.2 Å². The van der Waals surface area contributed by atoms with E-state index in [1.54, 1.807) is 12.1 Å². The summed E-state index contributed by atoms with van der Waals surface area (Å²) in [4.78, 5) is 43.4. The molecular formula is C30H31N3O5. The molecule has 3 heterocycles. The lowest BCUT2D eigenvalue weighted by molar-refractivity contribution is -0.125. The first kappa shape index (κ1) is 23.3. The van der Waals surface area contributed by atoms with Crippen LogP contribution in [0.25, 0.3) is 0 Å². The first-order chi connectivity index (χ1) is 18.5. The van der Waals surface area contributed by atoms with Crippen LogP contribution in [-0.4, -0.2) is 49.0 Å². The fourth-order valence-electron chi connectivity index (χ4n) is 6.86. The third-order valence-corrected chi connectivity index (χ3v) is 8.84. The first-order valence-corrected chi connectivity index (χ1v) is 13.6. The molecule has 1 saturated heterocycles. The number of carbonyl (C=O) groups is 3. The van der Waals surface area contributed by atoms with Crippen LogP contribution < -0.4 is 19.7 Å². The lowest BCUT2D eigenvalue weighted by Gasteiger charge is -2.35. The standard InChI is InChI=1S/C30H31N3O5/c34-28(31-14-22-12-18-6-8-20(22)11-18)21-3-2-10-32(16-21)24-5-1-4-23-27(24)30(36)33(29(23)35)15-19-7-9-25-26(13-19)38-17-37-25/h1,4-9,13,18,20-22H,2-3,10-12,14-17H2,(H,31,34)/t18-,20+,21?,22-/m0/s1. The molecule has 196 valence electrons. The highest BCUT2D eigenvalue weighted by atomic mass is 16.7. The third-order valence-electron chi connectivity index (χ3n) is 8.84. The van der Waals surface area contributed by atoms with Crippen LogP contribution >= 0.6 is 0 Å². The summed E-state index contributed by atoms with van der Waals surface area (Å²) in [5.41, 5.74) is 2.40. The van der Waals surface area contributed by atoms with Crippen LogP contribution in [0.3, 0.4) is 0 Å². The maximum atomic E-state index is 13.6. The molecule has 4 atom stereocenters. The van der Waals surface area contributed by atoms with Crippen molar-refractivity contribution in [1.29, 1.82) is 0 Å². The normalized spacial score (nSPS) is 26.8. The van der Waals surface area contributed by atoms with E-state index in [2.05, 4.69) is 22.4 Å². The van der Waals surface area contributed by atoms with E-state index < -0.39 is 0 Å². The predicted octanol–water partition coefficient (Wildman–Crippen LogP) is 3.76. The number of allylic oxidation sites excluding steroid dienone is 2. The number of fused-ring (bicyclic) bond motifs is 4. The Morgan fingerprint density at radius 3 is 2.76 bits per heavy atom. The summed E-state index contributed by atoms with van der Waals surface area (Å²) in [6, 6.07) is 10.9. The number of nitrogens with zero attached hydrogens (tertiary/aromatic N) is 2. The maximum Gasteiger partial charge on any atom is 0.263 e. The molecule has 1 saturated carbocycles. The van der Waals surface area contributed by atoms with E-state index in [9.17, 15) is 14.4 Å². The van der Waals surface area contributed by atoms with Crippen molar-refractivity contribution < 1.29 is 23.9 Å². The van der Waals surface area contributed by atoms with Crippen molar-refractivity contribution in [3.63, 3.8) is 0 Å². The minimum Gasteiger partial charge on any atom is -0.454 e. The molecule has 1 unspecified atom stereocenters. The molecule has 3 aliphatic heterocycles. The number of nitrogens with one attached hydrogen (secondary N) is 1. The number of carbonyl (C=O) groups excluding carboxylic acids is 3. The van der Waals surface area contributed by atoms with E-state index in [-0.39, 0.29) is 37.0 Å². The molecule has 8 nitrogen and oxygen atoms in total. The van der Waals surface area contributed by atoms with E-state index in [4.69, 9.17) is 9.47 Å². The van der Waals surface area contributed by atoms with Gasteiger partial charge < -0.3 is 19.7 Å². The van der Waals surface area contributed by atoms with Crippen molar-refractivity contribution >= 4 is 23.4 Å². The van der Waals surface area contributed by atoms with E-state index in [0.29, 0.717) is 46.9 Å². The fourth-order valence-corrected chi connectivity index (χ4v) is 6.86. The second kappa shape index (κ2) is 9.19. The molecule has 8 heteroatoms. The topological polar surface area (TPSA) is 88.2 Å². The number of hydrogen-bond donors (Lipinski definition) is 1. The molecule has 3 amide bonds. The number of anilines is 1. The Balaban J connectivity index is 1.05. The zero-order valence-corrected chi connectivity index (χ0v) is 21.2. The summed E-state index contributed by atoms with van der Waals surface area (Å²) in [5.74, 6) is 2.50. The van der Waals surface area contributed by atoms with Gasteiger partial charge in [0, 0.05) is 19.6 Å². The average molecular weight is 514 g/mol. The third kappa shape index (κ3) is 3.94. The summed E-state index contributed by atoms with van der Waals surface area (Å²) in [6.07, 6.45) is 8.74. The molecule has 0 spiro atoms. The zero-order chi connectivity index (χ0) is 25.8. The minimum absolute atomic E-state index is 0.0980. The van der Waals surface area contributed by atoms with Gasteiger partial charge in [-0.05, 0) is 73.3 Å². The molecule has 2 bridgehead atoms. The Kier molecular flexibility index (Phi) is 5.64. The maximum absolute atomic E-state index is 13.6. The van der Waals surface area contributed by atoms with Gasteiger partial charge in [-0.1, -0.05) is 24.3 Å². The van der Waals surface area contributed by atoms with Gasteiger partial charge in [-0.15, -0.1) is 0 Å². The second-order valence-electron chi connectivity index (χ2n) is 11.2. The smallest absolute Gasteiger partial charge is 0.263 e.